The summed E-state index contributed by atoms with van der Waals surface area (Å²) in [5.41, 5.74) is 0.130. The van der Waals surface area contributed by atoms with Gasteiger partial charge in [-0.1, -0.05) is 0 Å². The normalized spacial score (nSPS) is 10.0. The van der Waals surface area contributed by atoms with Gasteiger partial charge in [0.1, 0.15) is 17.7 Å². The Hall–Kier alpha value is -2.38. The zero-order valence-corrected chi connectivity index (χ0v) is 15.6. The SMILES string of the molecule is CN(C)c1ccc(-c2ccc(-c3ccc(C=C(C#N)C#N)s3)s2)s1. The van der Waals surface area contributed by atoms with Gasteiger partial charge in [0.2, 0.25) is 0 Å². The summed E-state index contributed by atoms with van der Waals surface area (Å²) >= 11 is 5.13. The molecule has 6 heteroatoms. The highest BCUT2D eigenvalue weighted by molar-refractivity contribution is 7.27. The number of hydrogen-bond acceptors (Lipinski definition) is 6. The molecule has 3 heterocycles. The van der Waals surface area contributed by atoms with Crippen molar-refractivity contribution in [1.29, 1.82) is 10.5 Å². The molecule has 0 radical (unpaired) electrons. The minimum absolute atomic E-state index is 0.130. The fourth-order valence-electron chi connectivity index (χ4n) is 2.10. The van der Waals surface area contributed by atoms with Gasteiger partial charge in [0, 0.05) is 38.5 Å². The van der Waals surface area contributed by atoms with Crippen molar-refractivity contribution in [3.05, 3.63) is 46.8 Å². The molecule has 0 atom stereocenters. The summed E-state index contributed by atoms with van der Waals surface area (Å²) in [4.78, 5) is 7.90. The quantitative estimate of drug-likeness (QED) is 0.556. The maximum atomic E-state index is 8.85. The van der Waals surface area contributed by atoms with E-state index in [0.29, 0.717) is 0 Å². The molecule has 0 unspecified atom stereocenters. The Morgan fingerprint density at radius 1 is 0.833 bits per heavy atom. The van der Waals surface area contributed by atoms with Crippen molar-refractivity contribution in [2.24, 2.45) is 0 Å². The molecule has 0 saturated heterocycles. The zero-order valence-electron chi connectivity index (χ0n) is 13.1. The van der Waals surface area contributed by atoms with E-state index in [1.54, 1.807) is 40.1 Å². The third-order valence-electron chi connectivity index (χ3n) is 3.28. The molecular formula is C18H13N3S3. The smallest absolute Gasteiger partial charge is 0.131 e. The van der Waals surface area contributed by atoms with Gasteiger partial charge in [-0.3, -0.25) is 0 Å². The van der Waals surface area contributed by atoms with Crippen molar-refractivity contribution >= 4 is 45.1 Å². The predicted molar refractivity (Wildman–Crippen MR) is 104 cm³/mol. The van der Waals surface area contributed by atoms with Gasteiger partial charge in [0.15, 0.2) is 0 Å². The second-order valence-corrected chi connectivity index (χ2v) is 8.44. The molecule has 0 saturated carbocycles. The van der Waals surface area contributed by atoms with Crippen LogP contribution in [0.15, 0.2) is 42.0 Å². The third kappa shape index (κ3) is 3.42. The summed E-state index contributed by atoms with van der Waals surface area (Å²) in [5.74, 6) is 0. The van der Waals surface area contributed by atoms with Crippen molar-refractivity contribution in [2.45, 2.75) is 0 Å². The minimum atomic E-state index is 0.130. The van der Waals surface area contributed by atoms with E-state index in [4.69, 9.17) is 10.5 Å². The monoisotopic (exact) mass is 367 g/mol. The first kappa shape index (κ1) is 16.5. The van der Waals surface area contributed by atoms with Crippen molar-refractivity contribution in [3.63, 3.8) is 0 Å². The van der Waals surface area contributed by atoms with Crippen LogP contribution in [0, 0.1) is 22.7 Å². The Balaban J connectivity index is 1.86. The molecule has 0 bridgehead atoms. The number of thiophene rings is 3. The van der Waals surface area contributed by atoms with Gasteiger partial charge in [-0.25, -0.2) is 0 Å². The maximum absolute atomic E-state index is 8.85. The molecule has 118 valence electrons. The van der Waals surface area contributed by atoms with Crippen LogP contribution in [0.5, 0.6) is 0 Å². The molecule has 0 aliphatic heterocycles. The van der Waals surface area contributed by atoms with Crippen LogP contribution in [0.4, 0.5) is 5.00 Å². The fraction of sp³-hybridized carbons (Fsp3) is 0.111. The van der Waals surface area contributed by atoms with Crippen LogP contribution in [0.3, 0.4) is 0 Å². The number of allylic oxidation sites excluding steroid dienone is 1. The Labute approximate surface area is 153 Å². The third-order valence-corrected chi connectivity index (χ3v) is 7.04. The van der Waals surface area contributed by atoms with E-state index in [1.807, 2.05) is 38.4 Å². The van der Waals surface area contributed by atoms with Gasteiger partial charge in [0.05, 0.1) is 5.00 Å². The lowest BCUT2D eigenvalue weighted by atomic mass is 10.3. The summed E-state index contributed by atoms with van der Waals surface area (Å²) in [7, 11) is 4.10. The van der Waals surface area contributed by atoms with Crippen molar-refractivity contribution in [1.82, 2.24) is 0 Å². The second kappa shape index (κ2) is 7.02. The molecule has 0 aromatic carbocycles. The first-order chi connectivity index (χ1) is 11.6. The van der Waals surface area contributed by atoms with E-state index in [-0.39, 0.29) is 5.57 Å². The topological polar surface area (TPSA) is 50.8 Å². The lowest BCUT2D eigenvalue weighted by molar-refractivity contribution is 1.16. The Bertz CT molecular complexity index is 958. The highest BCUT2D eigenvalue weighted by Gasteiger charge is 2.10. The molecular weight excluding hydrogens is 354 g/mol. The summed E-state index contributed by atoms with van der Waals surface area (Å²) in [6.45, 7) is 0. The molecule has 0 N–H and O–H groups in total. The number of hydrogen-bond donors (Lipinski definition) is 0. The highest BCUT2D eigenvalue weighted by Crippen LogP contribution is 2.41. The number of nitriles is 2. The molecule has 3 aromatic rings. The van der Waals surface area contributed by atoms with Gasteiger partial charge in [-0.15, -0.1) is 34.0 Å². The molecule has 0 fully saturated rings. The van der Waals surface area contributed by atoms with Crippen molar-refractivity contribution in [3.8, 4) is 31.6 Å². The lowest BCUT2D eigenvalue weighted by Gasteiger charge is -2.06. The van der Waals surface area contributed by atoms with E-state index in [0.717, 1.165) is 9.75 Å². The first-order valence-electron chi connectivity index (χ1n) is 7.10. The number of anilines is 1. The van der Waals surface area contributed by atoms with Crippen LogP contribution < -0.4 is 4.90 Å². The minimum Gasteiger partial charge on any atom is -0.370 e. The molecule has 0 spiro atoms. The highest BCUT2D eigenvalue weighted by atomic mass is 32.1. The van der Waals surface area contributed by atoms with E-state index in [9.17, 15) is 0 Å². The standard InChI is InChI=1S/C18H13N3S3/c1-21(2)18-8-7-17(24-18)16-6-5-15(23-16)14-4-3-13(22-14)9-12(10-19)11-20/h3-9H,1-2H3. The summed E-state index contributed by atoms with van der Waals surface area (Å²) in [6, 6.07) is 16.3. The van der Waals surface area contributed by atoms with E-state index in [2.05, 4.69) is 29.2 Å². The van der Waals surface area contributed by atoms with E-state index in [1.165, 1.54) is 19.6 Å². The summed E-state index contributed by atoms with van der Waals surface area (Å²) in [6.07, 6.45) is 1.63. The van der Waals surface area contributed by atoms with Crippen LogP contribution in [-0.4, -0.2) is 14.1 Å². The van der Waals surface area contributed by atoms with Gasteiger partial charge >= 0.3 is 0 Å². The Kier molecular flexibility index (Phi) is 4.82. The van der Waals surface area contributed by atoms with Crippen LogP contribution in [0.1, 0.15) is 4.88 Å². The lowest BCUT2D eigenvalue weighted by Crippen LogP contribution is -2.05. The second-order valence-electron chi connectivity index (χ2n) is 5.18. The van der Waals surface area contributed by atoms with E-state index >= 15 is 0 Å². The molecule has 0 aliphatic rings. The van der Waals surface area contributed by atoms with Crippen LogP contribution in [-0.2, 0) is 0 Å². The molecule has 24 heavy (non-hydrogen) atoms. The average Bonchev–Trinajstić information content (AvgIpc) is 3.30. The van der Waals surface area contributed by atoms with Crippen molar-refractivity contribution in [2.75, 3.05) is 19.0 Å². The van der Waals surface area contributed by atoms with E-state index < -0.39 is 0 Å². The predicted octanol–water partition coefficient (Wildman–Crippen LogP) is 5.70. The van der Waals surface area contributed by atoms with Gasteiger partial charge in [-0.2, -0.15) is 10.5 Å². The molecule has 3 nitrogen and oxygen atoms in total. The number of nitrogens with zero attached hydrogens (tertiary/aromatic N) is 3. The molecule has 0 amide bonds. The van der Waals surface area contributed by atoms with Gasteiger partial charge in [0.25, 0.3) is 0 Å². The van der Waals surface area contributed by atoms with Crippen molar-refractivity contribution < 1.29 is 0 Å². The summed E-state index contributed by atoms with van der Waals surface area (Å²) < 4.78 is 0. The Morgan fingerprint density at radius 2 is 1.38 bits per heavy atom. The number of rotatable bonds is 4. The largest absolute Gasteiger partial charge is 0.370 e. The van der Waals surface area contributed by atoms with Crippen LogP contribution in [0.25, 0.3) is 25.6 Å². The van der Waals surface area contributed by atoms with Crippen LogP contribution in [0.2, 0.25) is 0 Å². The summed E-state index contributed by atoms with van der Waals surface area (Å²) in [5, 5.41) is 18.9. The van der Waals surface area contributed by atoms with Gasteiger partial charge < -0.3 is 4.90 Å². The zero-order chi connectivity index (χ0) is 17.1. The Morgan fingerprint density at radius 3 is 1.96 bits per heavy atom. The average molecular weight is 368 g/mol. The first-order valence-corrected chi connectivity index (χ1v) is 9.55. The molecule has 3 aromatic heterocycles. The molecule has 0 aliphatic carbocycles. The fourth-order valence-corrected chi connectivity index (χ4v) is 5.16. The maximum Gasteiger partial charge on any atom is 0.131 e. The van der Waals surface area contributed by atoms with Gasteiger partial charge in [-0.05, 0) is 42.5 Å². The molecule has 3 rings (SSSR count). The van der Waals surface area contributed by atoms with Crippen LogP contribution >= 0.6 is 34.0 Å².